The maximum atomic E-state index is 5.36. The summed E-state index contributed by atoms with van der Waals surface area (Å²) in [5.41, 5.74) is 18.5. The Labute approximate surface area is 322 Å². The first-order valence-corrected chi connectivity index (χ1v) is 19.5. The molecule has 1 atom stereocenters. The van der Waals surface area contributed by atoms with E-state index in [1.165, 1.54) is 71.9 Å². The molecule has 0 radical (unpaired) electrons. The minimum atomic E-state index is -0.114. The maximum absolute atomic E-state index is 5.36. The van der Waals surface area contributed by atoms with Gasteiger partial charge in [-0.05, 0) is 81.3 Å². The third-order valence-corrected chi connectivity index (χ3v) is 12.8. The molecule has 0 bridgehead atoms. The second kappa shape index (κ2) is 11.6. The molecule has 0 N–H and O–H groups in total. The van der Waals surface area contributed by atoms with E-state index in [2.05, 4.69) is 184 Å². The molecule has 2 heterocycles. The quantitative estimate of drug-likeness (QED) is 0.182. The molecule has 0 aliphatic heterocycles. The highest BCUT2D eigenvalue weighted by molar-refractivity contribution is 6.13. The third-order valence-electron chi connectivity index (χ3n) is 12.8. The average molecular weight is 708 g/mol. The molecule has 264 valence electrons. The van der Waals surface area contributed by atoms with Crippen molar-refractivity contribution in [2.24, 2.45) is 0 Å². The number of nitrogens with zero attached hydrogens (tertiary/aromatic N) is 3. The zero-order valence-corrected chi connectivity index (χ0v) is 31.6. The molecule has 6 aromatic carbocycles. The Hall–Kier alpha value is -6.32. The van der Waals surface area contributed by atoms with Gasteiger partial charge in [-0.3, -0.25) is 0 Å². The fourth-order valence-corrected chi connectivity index (χ4v) is 9.95. The molecule has 0 amide bonds. The van der Waals surface area contributed by atoms with Crippen LogP contribution in [0.3, 0.4) is 0 Å². The first-order chi connectivity index (χ1) is 26.8. The van der Waals surface area contributed by atoms with Crippen LogP contribution >= 0.6 is 0 Å². The molecule has 55 heavy (non-hydrogen) atoms. The van der Waals surface area contributed by atoms with Gasteiger partial charge in [0.05, 0.1) is 28.5 Å². The lowest BCUT2D eigenvalue weighted by Crippen LogP contribution is -2.17. The lowest BCUT2D eigenvalue weighted by atomic mass is 9.82. The molecule has 0 fully saturated rings. The highest BCUT2D eigenvalue weighted by atomic mass is 15.0. The minimum absolute atomic E-state index is 0.0158. The average Bonchev–Trinajstić information content (AvgIpc) is 3.75. The van der Waals surface area contributed by atoms with Crippen LogP contribution in [-0.4, -0.2) is 14.5 Å². The van der Waals surface area contributed by atoms with Gasteiger partial charge >= 0.3 is 0 Å². The first kappa shape index (κ1) is 32.1. The van der Waals surface area contributed by atoms with E-state index in [0.29, 0.717) is 0 Å². The fraction of sp³-hybridized carbons (Fsp3) is 0.154. The number of aromatic nitrogens is 3. The number of allylic oxidation sites excluding steroid dienone is 4. The number of hydrogen-bond donors (Lipinski definition) is 0. The standard InChI is InChI=1S/C52H41N3/c1-51(2)41-24-14-11-21-34(41)37-27-39-40-28-38-35-22-12-15-25-42(35)52(3,4)44(38)30-49(40)55(48(39)29-43(37)51)47-26-16-13-23-36(47)46-31-45(32-17-7-5-8-18-32)53-50(54-46)33-19-9-6-10-20-33/h5-25,27-31,47H,26H2,1-4H3. The summed E-state index contributed by atoms with van der Waals surface area (Å²) in [6.45, 7) is 9.54. The summed E-state index contributed by atoms with van der Waals surface area (Å²) in [7, 11) is 0. The predicted molar refractivity (Wildman–Crippen MR) is 228 cm³/mol. The number of hydrogen-bond acceptors (Lipinski definition) is 2. The normalized spacial score (nSPS) is 17.2. The van der Waals surface area contributed by atoms with Crippen molar-refractivity contribution in [3.63, 3.8) is 0 Å². The van der Waals surface area contributed by atoms with Gasteiger partial charge in [-0.15, -0.1) is 0 Å². The highest BCUT2D eigenvalue weighted by Crippen LogP contribution is 2.54. The summed E-state index contributed by atoms with van der Waals surface area (Å²) in [5.74, 6) is 0.739. The SMILES string of the molecule is CC1(C)c2ccccc2-c2cc3c4cc5c(cc4n(C4CC=CC=C4c4cc(-c6ccccc6)nc(-c6ccccc6)n4)c3cc21)C(C)(C)c1ccccc1-5. The molecular weight excluding hydrogens is 667 g/mol. The smallest absolute Gasteiger partial charge is 0.160 e. The molecule has 3 aliphatic carbocycles. The van der Waals surface area contributed by atoms with Gasteiger partial charge in [0.1, 0.15) is 0 Å². The van der Waals surface area contributed by atoms with Crippen LogP contribution in [0.4, 0.5) is 0 Å². The van der Waals surface area contributed by atoms with Crippen molar-refractivity contribution < 1.29 is 0 Å². The zero-order valence-electron chi connectivity index (χ0n) is 31.6. The predicted octanol–water partition coefficient (Wildman–Crippen LogP) is 13.1. The van der Waals surface area contributed by atoms with Gasteiger partial charge in [-0.25, -0.2) is 9.97 Å². The molecule has 1 unspecified atom stereocenters. The monoisotopic (exact) mass is 707 g/mol. The summed E-state index contributed by atoms with van der Waals surface area (Å²) in [6.07, 6.45) is 7.68. The van der Waals surface area contributed by atoms with Crippen molar-refractivity contribution in [3.8, 4) is 44.9 Å². The van der Waals surface area contributed by atoms with Crippen LogP contribution in [0.1, 0.15) is 68.1 Å². The van der Waals surface area contributed by atoms with Gasteiger partial charge in [0, 0.05) is 38.3 Å². The van der Waals surface area contributed by atoms with Crippen LogP contribution in [0.25, 0.3) is 72.3 Å². The van der Waals surface area contributed by atoms with E-state index >= 15 is 0 Å². The largest absolute Gasteiger partial charge is 0.332 e. The van der Waals surface area contributed by atoms with E-state index in [9.17, 15) is 0 Å². The second-order valence-corrected chi connectivity index (χ2v) is 16.5. The molecule has 11 rings (SSSR count). The lowest BCUT2D eigenvalue weighted by molar-refractivity contribution is 0.648. The maximum Gasteiger partial charge on any atom is 0.160 e. The summed E-state index contributed by atoms with van der Waals surface area (Å²) in [6, 6.07) is 51.1. The van der Waals surface area contributed by atoms with Crippen LogP contribution < -0.4 is 0 Å². The number of rotatable bonds is 4. The van der Waals surface area contributed by atoms with Gasteiger partial charge in [-0.2, -0.15) is 0 Å². The molecule has 0 saturated carbocycles. The Bertz CT molecular complexity index is 2760. The van der Waals surface area contributed by atoms with Crippen LogP contribution in [0.15, 0.2) is 158 Å². The minimum Gasteiger partial charge on any atom is -0.332 e. The Morgan fingerprint density at radius 2 is 1.02 bits per heavy atom. The van der Waals surface area contributed by atoms with E-state index in [-0.39, 0.29) is 16.9 Å². The van der Waals surface area contributed by atoms with Gasteiger partial charge in [0.15, 0.2) is 5.82 Å². The molecular formula is C52H41N3. The van der Waals surface area contributed by atoms with Crippen LogP contribution in [0.2, 0.25) is 0 Å². The number of benzene rings is 6. The molecule has 3 heteroatoms. The van der Waals surface area contributed by atoms with E-state index in [4.69, 9.17) is 9.97 Å². The molecule has 3 aliphatic rings. The van der Waals surface area contributed by atoms with Crippen molar-refractivity contribution in [1.29, 1.82) is 0 Å². The first-order valence-electron chi connectivity index (χ1n) is 19.5. The van der Waals surface area contributed by atoms with Gasteiger partial charge in [-0.1, -0.05) is 155 Å². The van der Waals surface area contributed by atoms with Crippen molar-refractivity contribution in [2.75, 3.05) is 0 Å². The summed E-state index contributed by atoms with van der Waals surface area (Å²) in [4.78, 5) is 10.5. The van der Waals surface area contributed by atoms with Crippen molar-refractivity contribution >= 4 is 27.4 Å². The highest BCUT2D eigenvalue weighted by Gasteiger charge is 2.39. The second-order valence-electron chi connectivity index (χ2n) is 16.5. The fourth-order valence-electron chi connectivity index (χ4n) is 9.95. The Balaban J connectivity index is 1.19. The van der Waals surface area contributed by atoms with Crippen LogP contribution in [-0.2, 0) is 10.8 Å². The Kier molecular flexibility index (Phi) is 6.77. The molecule has 0 spiro atoms. The van der Waals surface area contributed by atoms with Gasteiger partial charge in [0.2, 0.25) is 0 Å². The van der Waals surface area contributed by atoms with E-state index in [0.717, 1.165) is 34.8 Å². The molecule has 0 saturated heterocycles. The van der Waals surface area contributed by atoms with Crippen molar-refractivity contribution in [3.05, 3.63) is 186 Å². The van der Waals surface area contributed by atoms with Gasteiger partial charge in [0.25, 0.3) is 0 Å². The van der Waals surface area contributed by atoms with Crippen molar-refractivity contribution in [2.45, 2.75) is 51.0 Å². The summed E-state index contributed by atoms with van der Waals surface area (Å²) < 4.78 is 2.66. The zero-order chi connectivity index (χ0) is 37.1. The third kappa shape index (κ3) is 4.62. The van der Waals surface area contributed by atoms with Crippen LogP contribution in [0.5, 0.6) is 0 Å². The topological polar surface area (TPSA) is 30.7 Å². The Morgan fingerprint density at radius 3 is 1.60 bits per heavy atom. The Morgan fingerprint density at radius 1 is 0.509 bits per heavy atom. The number of fused-ring (bicyclic) bond motifs is 9. The van der Waals surface area contributed by atoms with Crippen LogP contribution in [0, 0.1) is 0 Å². The lowest BCUT2D eigenvalue weighted by Gasteiger charge is -2.27. The van der Waals surface area contributed by atoms with E-state index < -0.39 is 0 Å². The van der Waals surface area contributed by atoms with Gasteiger partial charge < -0.3 is 4.57 Å². The summed E-state index contributed by atoms with van der Waals surface area (Å²) in [5, 5.41) is 2.61. The summed E-state index contributed by atoms with van der Waals surface area (Å²) >= 11 is 0. The van der Waals surface area contributed by atoms with E-state index in [1.54, 1.807) is 0 Å². The molecule has 8 aromatic rings. The molecule has 2 aromatic heterocycles. The van der Waals surface area contributed by atoms with Crippen molar-refractivity contribution in [1.82, 2.24) is 14.5 Å². The van der Waals surface area contributed by atoms with E-state index in [1.807, 2.05) is 6.07 Å². The molecule has 3 nitrogen and oxygen atoms in total.